The highest BCUT2D eigenvalue weighted by molar-refractivity contribution is 6.12. The third-order valence-electron chi connectivity index (χ3n) is 4.22. The highest BCUT2D eigenvalue weighted by atomic mass is 16.5. The van der Waals surface area contributed by atoms with Crippen LogP contribution in [0.15, 0.2) is 42.0 Å². The quantitative estimate of drug-likeness (QED) is 0.423. The Labute approximate surface area is 158 Å². The number of Topliss-reactive ketones (excluding diaryl/α,β-unsaturated/α-hetero) is 1. The Hall–Kier alpha value is -3.15. The number of benzene rings is 2. The Bertz CT molecular complexity index is 854. The zero-order chi connectivity index (χ0) is 20.0. The van der Waals surface area contributed by atoms with E-state index in [4.69, 9.17) is 18.9 Å². The van der Waals surface area contributed by atoms with Gasteiger partial charge in [-0.05, 0) is 42.8 Å². The molecule has 0 aliphatic heterocycles. The minimum Gasteiger partial charge on any atom is -0.507 e. The van der Waals surface area contributed by atoms with Gasteiger partial charge in [-0.15, -0.1) is 0 Å². The third-order valence-corrected chi connectivity index (χ3v) is 4.22. The van der Waals surface area contributed by atoms with Crippen molar-refractivity contribution in [2.75, 3.05) is 28.4 Å². The summed E-state index contributed by atoms with van der Waals surface area (Å²) in [6, 6.07) is 9.88. The number of methoxy groups -OCH3 is 4. The number of ketones is 1. The van der Waals surface area contributed by atoms with Crippen molar-refractivity contribution >= 4 is 11.5 Å². The predicted octanol–water partition coefficient (Wildman–Crippen LogP) is 4.28. The van der Waals surface area contributed by atoms with Crippen molar-refractivity contribution in [2.45, 2.75) is 13.3 Å². The van der Waals surface area contributed by atoms with E-state index < -0.39 is 0 Å². The summed E-state index contributed by atoms with van der Waals surface area (Å²) in [6.07, 6.45) is 0.355. The van der Waals surface area contributed by atoms with Gasteiger partial charge in [0.05, 0.1) is 28.4 Å². The van der Waals surface area contributed by atoms with Gasteiger partial charge in [0, 0.05) is 16.7 Å². The zero-order valence-electron chi connectivity index (χ0n) is 16.2. The predicted molar refractivity (Wildman–Crippen MR) is 103 cm³/mol. The maximum Gasteiger partial charge on any atom is 0.192 e. The molecule has 2 aromatic carbocycles. The van der Waals surface area contributed by atoms with Gasteiger partial charge in [0.2, 0.25) is 0 Å². The number of carbonyl (C=O) groups excluding carboxylic acids is 1. The van der Waals surface area contributed by atoms with E-state index in [1.165, 1.54) is 28.4 Å². The molecule has 2 aromatic rings. The number of ether oxygens (including phenoxy) is 4. The van der Waals surface area contributed by atoms with Crippen LogP contribution >= 0.6 is 0 Å². The molecule has 0 aliphatic rings. The first-order valence-electron chi connectivity index (χ1n) is 8.41. The first kappa shape index (κ1) is 20.2. The third kappa shape index (κ3) is 4.16. The molecule has 0 fully saturated rings. The van der Waals surface area contributed by atoms with Crippen LogP contribution < -0.4 is 18.9 Å². The molecule has 0 heterocycles. The van der Waals surface area contributed by atoms with Crippen LogP contribution in [-0.4, -0.2) is 39.3 Å². The Morgan fingerprint density at radius 2 is 1.22 bits per heavy atom. The van der Waals surface area contributed by atoms with Gasteiger partial charge in [-0.2, -0.15) is 0 Å². The lowest BCUT2D eigenvalue weighted by molar-refractivity contribution is 0.103. The van der Waals surface area contributed by atoms with Crippen LogP contribution in [0.3, 0.4) is 0 Å². The van der Waals surface area contributed by atoms with Crippen LogP contribution in [0.2, 0.25) is 0 Å². The number of hydrogen-bond acceptors (Lipinski definition) is 6. The van der Waals surface area contributed by atoms with E-state index in [0.717, 1.165) is 0 Å². The number of carbonyl (C=O) groups is 1. The van der Waals surface area contributed by atoms with Gasteiger partial charge >= 0.3 is 0 Å². The lowest BCUT2D eigenvalue weighted by Gasteiger charge is -2.13. The first-order valence-corrected chi connectivity index (χ1v) is 8.41. The Morgan fingerprint density at radius 3 is 1.67 bits per heavy atom. The maximum atomic E-state index is 13.0. The molecular formula is C21H24O6. The second-order valence-corrected chi connectivity index (χ2v) is 5.65. The van der Waals surface area contributed by atoms with Gasteiger partial charge in [-0.3, -0.25) is 4.79 Å². The molecule has 0 unspecified atom stereocenters. The summed E-state index contributed by atoms with van der Waals surface area (Å²) in [4.78, 5) is 13.0. The van der Waals surface area contributed by atoms with E-state index in [9.17, 15) is 9.90 Å². The summed E-state index contributed by atoms with van der Waals surface area (Å²) in [5.74, 6) is 1.60. The summed E-state index contributed by atoms with van der Waals surface area (Å²) in [6.45, 7) is 1.81. The van der Waals surface area contributed by atoms with E-state index in [1.807, 2.05) is 6.92 Å². The Balaban J connectivity index is 2.49. The molecule has 27 heavy (non-hydrogen) atoms. The molecule has 0 amide bonds. The van der Waals surface area contributed by atoms with Gasteiger partial charge in [-0.1, -0.05) is 6.92 Å². The number of aliphatic hydroxyl groups excluding tert-OH is 1. The van der Waals surface area contributed by atoms with Crippen molar-refractivity contribution in [3.05, 3.63) is 53.1 Å². The summed E-state index contributed by atoms with van der Waals surface area (Å²) >= 11 is 0. The number of hydrogen-bond donors (Lipinski definition) is 1. The van der Waals surface area contributed by atoms with Crippen molar-refractivity contribution in [3.8, 4) is 23.0 Å². The van der Waals surface area contributed by atoms with Crippen LogP contribution in [0.25, 0.3) is 5.76 Å². The average Bonchev–Trinajstić information content (AvgIpc) is 2.72. The summed E-state index contributed by atoms with van der Waals surface area (Å²) < 4.78 is 20.9. The summed E-state index contributed by atoms with van der Waals surface area (Å²) in [5.41, 5.74) is 1.16. The van der Waals surface area contributed by atoms with Crippen molar-refractivity contribution in [3.63, 3.8) is 0 Å². The minimum absolute atomic E-state index is 0.0989. The smallest absolute Gasteiger partial charge is 0.192 e. The van der Waals surface area contributed by atoms with Gasteiger partial charge in [0.1, 0.15) is 5.76 Å². The van der Waals surface area contributed by atoms with E-state index in [0.29, 0.717) is 40.5 Å². The molecule has 6 nitrogen and oxygen atoms in total. The first-order chi connectivity index (χ1) is 13.0. The fourth-order valence-corrected chi connectivity index (χ4v) is 2.74. The van der Waals surface area contributed by atoms with Gasteiger partial charge in [0.25, 0.3) is 0 Å². The van der Waals surface area contributed by atoms with Crippen molar-refractivity contribution < 1.29 is 28.8 Å². The molecule has 2 rings (SSSR count). The normalized spacial score (nSPS) is 11.4. The van der Waals surface area contributed by atoms with Crippen LogP contribution in [0.5, 0.6) is 23.0 Å². The highest BCUT2D eigenvalue weighted by Gasteiger charge is 2.19. The van der Waals surface area contributed by atoms with E-state index in [1.54, 1.807) is 36.4 Å². The monoisotopic (exact) mass is 372 g/mol. The average molecular weight is 372 g/mol. The second-order valence-electron chi connectivity index (χ2n) is 5.65. The molecule has 0 aromatic heterocycles. The van der Waals surface area contributed by atoms with Gasteiger partial charge in [0.15, 0.2) is 28.8 Å². The van der Waals surface area contributed by atoms with E-state index in [-0.39, 0.29) is 17.1 Å². The Kier molecular flexibility index (Phi) is 6.71. The number of rotatable bonds is 8. The minimum atomic E-state index is -0.286. The van der Waals surface area contributed by atoms with E-state index >= 15 is 0 Å². The SMILES string of the molecule is CCC(C(=O)c1ccc(OC)c(OC)c1)=C(O)c1ccc(OC)c(OC)c1. The van der Waals surface area contributed by atoms with Crippen molar-refractivity contribution in [2.24, 2.45) is 0 Å². The van der Waals surface area contributed by atoms with Crippen molar-refractivity contribution in [1.82, 2.24) is 0 Å². The zero-order valence-corrected chi connectivity index (χ0v) is 16.2. The Morgan fingerprint density at radius 1 is 0.778 bits per heavy atom. The molecule has 0 saturated carbocycles. The van der Waals surface area contributed by atoms with Gasteiger partial charge in [-0.25, -0.2) is 0 Å². The fourth-order valence-electron chi connectivity index (χ4n) is 2.74. The molecule has 0 spiro atoms. The molecule has 0 atom stereocenters. The number of allylic oxidation sites excluding steroid dienone is 1. The molecule has 6 heteroatoms. The molecule has 0 bridgehead atoms. The lowest BCUT2D eigenvalue weighted by Crippen LogP contribution is -2.07. The fraction of sp³-hybridized carbons (Fsp3) is 0.286. The standard InChI is InChI=1S/C21H24O6/c1-6-15(20(22)13-7-9-16(24-2)18(11-13)26-4)21(23)14-8-10-17(25-3)19(12-14)27-5/h7-12,22H,6H2,1-5H3. The second kappa shape index (κ2) is 8.98. The van der Waals surface area contributed by atoms with Crippen LogP contribution in [0.1, 0.15) is 29.3 Å². The van der Waals surface area contributed by atoms with Crippen LogP contribution in [-0.2, 0) is 0 Å². The largest absolute Gasteiger partial charge is 0.507 e. The molecule has 0 saturated heterocycles. The summed E-state index contributed by atoms with van der Waals surface area (Å²) in [5, 5.41) is 10.7. The lowest BCUT2D eigenvalue weighted by atomic mass is 9.97. The van der Waals surface area contributed by atoms with Crippen LogP contribution in [0.4, 0.5) is 0 Å². The topological polar surface area (TPSA) is 74.2 Å². The molecule has 0 aliphatic carbocycles. The molecular weight excluding hydrogens is 348 g/mol. The van der Waals surface area contributed by atoms with E-state index in [2.05, 4.69) is 0 Å². The molecule has 0 radical (unpaired) electrons. The van der Waals surface area contributed by atoms with Gasteiger partial charge < -0.3 is 24.1 Å². The summed E-state index contributed by atoms with van der Waals surface area (Å²) in [7, 11) is 6.08. The molecule has 144 valence electrons. The highest BCUT2D eigenvalue weighted by Crippen LogP contribution is 2.33. The maximum absolute atomic E-state index is 13.0. The number of aliphatic hydroxyl groups is 1. The van der Waals surface area contributed by atoms with Crippen molar-refractivity contribution in [1.29, 1.82) is 0 Å². The van der Waals surface area contributed by atoms with Crippen LogP contribution in [0, 0.1) is 0 Å². The molecule has 1 N–H and O–H groups in total.